The summed E-state index contributed by atoms with van der Waals surface area (Å²) in [6.07, 6.45) is 2.17. The van der Waals surface area contributed by atoms with E-state index in [-0.39, 0.29) is 5.69 Å². The molecule has 0 aromatic heterocycles. The van der Waals surface area contributed by atoms with E-state index in [2.05, 4.69) is 10.6 Å². The van der Waals surface area contributed by atoms with E-state index >= 15 is 0 Å². The quantitative estimate of drug-likeness (QED) is 0.807. The Kier molecular flexibility index (Phi) is 4.55. The van der Waals surface area contributed by atoms with Gasteiger partial charge in [0.2, 0.25) is 0 Å². The Labute approximate surface area is 116 Å². The summed E-state index contributed by atoms with van der Waals surface area (Å²) >= 11 is 0. The Hall–Kier alpha value is -2.11. The van der Waals surface area contributed by atoms with Crippen LogP contribution in [0.3, 0.4) is 0 Å². The zero-order valence-electron chi connectivity index (χ0n) is 11.2. The number of carbonyl (C=O) groups excluding carboxylic acids is 2. The molecule has 0 saturated heterocycles. The standard InChI is InChI=1S/C14H17FN2O3/c1-2-20-12-6-5-10(15)7-11(12)17-14(19)13(18)16-8-9-3-4-9/h5-7,9H,2-4,8H2,1H3,(H,16,18)(H,17,19). The molecule has 2 amide bonds. The van der Waals surface area contributed by atoms with E-state index in [1.54, 1.807) is 6.92 Å². The second kappa shape index (κ2) is 6.36. The van der Waals surface area contributed by atoms with Crippen LogP contribution in [0.15, 0.2) is 18.2 Å². The zero-order valence-corrected chi connectivity index (χ0v) is 11.2. The fraction of sp³-hybridized carbons (Fsp3) is 0.429. The molecule has 0 aliphatic heterocycles. The number of carbonyl (C=O) groups is 2. The molecule has 6 heteroatoms. The van der Waals surface area contributed by atoms with E-state index in [1.807, 2.05) is 0 Å². The van der Waals surface area contributed by atoms with E-state index in [4.69, 9.17) is 4.74 Å². The van der Waals surface area contributed by atoms with Gasteiger partial charge in [0, 0.05) is 12.6 Å². The molecular formula is C14H17FN2O3. The molecule has 1 fully saturated rings. The minimum atomic E-state index is -0.822. The van der Waals surface area contributed by atoms with Crippen molar-refractivity contribution in [1.82, 2.24) is 5.32 Å². The first-order chi connectivity index (χ1) is 9.60. The molecule has 0 atom stereocenters. The number of halogens is 1. The molecule has 0 heterocycles. The van der Waals surface area contributed by atoms with Crippen molar-refractivity contribution >= 4 is 17.5 Å². The van der Waals surface area contributed by atoms with Crippen LogP contribution in [0, 0.1) is 11.7 Å². The highest BCUT2D eigenvalue weighted by atomic mass is 19.1. The Balaban J connectivity index is 1.97. The molecule has 2 N–H and O–H groups in total. The lowest BCUT2D eigenvalue weighted by molar-refractivity contribution is -0.136. The summed E-state index contributed by atoms with van der Waals surface area (Å²) in [5, 5.41) is 4.91. The Morgan fingerprint density at radius 2 is 2.10 bits per heavy atom. The highest BCUT2D eigenvalue weighted by Crippen LogP contribution is 2.27. The minimum absolute atomic E-state index is 0.151. The summed E-state index contributed by atoms with van der Waals surface area (Å²) < 4.78 is 18.5. The van der Waals surface area contributed by atoms with E-state index in [0.717, 1.165) is 18.9 Å². The van der Waals surface area contributed by atoms with Gasteiger partial charge in [0.15, 0.2) is 0 Å². The van der Waals surface area contributed by atoms with Gasteiger partial charge in [-0.2, -0.15) is 0 Å². The smallest absolute Gasteiger partial charge is 0.313 e. The maximum absolute atomic E-state index is 13.2. The van der Waals surface area contributed by atoms with E-state index in [9.17, 15) is 14.0 Å². The van der Waals surface area contributed by atoms with Gasteiger partial charge in [0.05, 0.1) is 12.3 Å². The SMILES string of the molecule is CCOc1ccc(F)cc1NC(=O)C(=O)NCC1CC1. The summed E-state index contributed by atoms with van der Waals surface area (Å²) in [4.78, 5) is 23.3. The van der Waals surface area contributed by atoms with Crippen LogP contribution < -0.4 is 15.4 Å². The van der Waals surface area contributed by atoms with Crippen molar-refractivity contribution in [1.29, 1.82) is 0 Å². The third kappa shape index (κ3) is 3.94. The van der Waals surface area contributed by atoms with Crippen molar-refractivity contribution in [3.63, 3.8) is 0 Å². The van der Waals surface area contributed by atoms with Gasteiger partial charge in [-0.3, -0.25) is 9.59 Å². The molecule has 108 valence electrons. The Morgan fingerprint density at radius 3 is 2.75 bits per heavy atom. The number of nitrogens with one attached hydrogen (secondary N) is 2. The van der Waals surface area contributed by atoms with Gasteiger partial charge in [-0.15, -0.1) is 0 Å². The van der Waals surface area contributed by atoms with Gasteiger partial charge in [0.25, 0.3) is 0 Å². The van der Waals surface area contributed by atoms with Gasteiger partial charge >= 0.3 is 11.8 Å². The Morgan fingerprint density at radius 1 is 1.35 bits per heavy atom. The average Bonchev–Trinajstić information content (AvgIpc) is 3.23. The second-order valence-electron chi connectivity index (χ2n) is 4.68. The fourth-order valence-electron chi connectivity index (χ4n) is 1.70. The predicted molar refractivity (Wildman–Crippen MR) is 71.9 cm³/mol. The molecule has 5 nitrogen and oxygen atoms in total. The molecule has 0 spiro atoms. The molecule has 1 aromatic carbocycles. The van der Waals surface area contributed by atoms with Crippen molar-refractivity contribution in [2.45, 2.75) is 19.8 Å². The largest absolute Gasteiger partial charge is 0.492 e. The molecule has 0 radical (unpaired) electrons. The number of ether oxygens (including phenoxy) is 1. The second-order valence-corrected chi connectivity index (χ2v) is 4.68. The van der Waals surface area contributed by atoms with Crippen molar-refractivity contribution in [3.8, 4) is 5.75 Å². The third-order valence-electron chi connectivity index (χ3n) is 2.94. The molecule has 0 unspecified atom stereocenters. The number of anilines is 1. The highest BCUT2D eigenvalue weighted by Gasteiger charge is 2.23. The monoisotopic (exact) mass is 280 g/mol. The Bertz CT molecular complexity index is 515. The maximum Gasteiger partial charge on any atom is 0.313 e. The van der Waals surface area contributed by atoms with Crippen molar-refractivity contribution in [2.75, 3.05) is 18.5 Å². The van der Waals surface area contributed by atoms with Crippen molar-refractivity contribution < 1.29 is 18.7 Å². The summed E-state index contributed by atoms with van der Waals surface area (Å²) in [5.74, 6) is -1.24. The normalized spacial score (nSPS) is 13.7. The van der Waals surface area contributed by atoms with E-state index < -0.39 is 17.6 Å². The van der Waals surface area contributed by atoms with Crippen molar-refractivity contribution in [3.05, 3.63) is 24.0 Å². The van der Waals surface area contributed by atoms with Gasteiger partial charge in [-0.05, 0) is 37.8 Å². The van der Waals surface area contributed by atoms with Gasteiger partial charge in [0.1, 0.15) is 11.6 Å². The first-order valence-electron chi connectivity index (χ1n) is 6.61. The minimum Gasteiger partial charge on any atom is -0.492 e. The lowest BCUT2D eigenvalue weighted by Gasteiger charge is -2.11. The van der Waals surface area contributed by atoms with Gasteiger partial charge in [-0.1, -0.05) is 0 Å². The summed E-state index contributed by atoms with van der Waals surface area (Å²) in [7, 11) is 0. The summed E-state index contributed by atoms with van der Waals surface area (Å²) in [5.41, 5.74) is 0.151. The molecular weight excluding hydrogens is 263 g/mol. The van der Waals surface area contributed by atoms with Crippen LogP contribution in [0.1, 0.15) is 19.8 Å². The molecule has 1 saturated carbocycles. The van der Waals surface area contributed by atoms with E-state index in [1.165, 1.54) is 12.1 Å². The lowest BCUT2D eigenvalue weighted by Crippen LogP contribution is -2.36. The van der Waals surface area contributed by atoms with Crippen LogP contribution in [0.2, 0.25) is 0 Å². The van der Waals surface area contributed by atoms with Crippen LogP contribution in [0.25, 0.3) is 0 Å². The van der Waals surface area contributed by atoms with Crippen LogP contribution in [-0.4, -0.2) is 25.0 Å². The number of hydrogen-bond donors (Lipinski definition) is 2. The summed E-state index contributed by atoms with van der Waals surface area (Å²) in [6.45, 7) is 2.66. The molecule has 1 aliphatic rings. The molecule has 1 aromatic rings. The van der Waals surface area contributed by atoms with Crippen LogP contribution in [0.5, 0.6) is 5.75 Å². The number of hydrogen-bond acceptors (Lipinski definition) is 3. The number of rotatable bonds is 5. The highest BCUT2D eigenvalue weighted by molar-refractivity contribution is 6.39. The molecule has 0 bridgehead atoms. The van der Waals surface area contributed by atoms with Crippen molar-refractivity contribution in [2.24, 2.45) is 5.92 Å². The molecule has 2 rings (SSSR count). The topological polar surface area (TPSA) is 67.4 Å². The first kappa shape index (κ1) is 14.3. The maximum atomic E-state index is 13.2. The predicted octanol–water partition coefficient (Wildman–Crippen LogP) is 1.69. The number of benzene rings is 1. The average molecular weight is 280 g/mol. The van der Waals surface area contributed by atoms with Gasteiger partial charge in [-0.25, -0.2) is 4.39 Å². The van der Waals surface area contributed by atoms with Gasteiger partial charge < -0.3 is 15.4 Å². The van der Waals surface area contributed by atoms with Crippen LogP contribution >= 0.6 is 0 Å². The van der Waals surface area contributed by atoms with Crippen LogP contribution in [0.4, 0.5) is 10.1 Å². The molecule has 20 heavy (non-hydrogen) atoms. The fourth-order valence-corrected chi connectivity index (χ4v) is 1.70. The zero-order chi connectivity index (χ0) is 14.5. The van der Waals surface area contributed by atoms with E-state index in [0.29, 0.717) is 24.8 Å². The number of amides is 2. The lowest BCUT2D eigenvalue weighted by atomic mass is 10.2. The summed E-state index contributed by atoms with van der Waals surface area (Å²) in [6, 6.07) is 3.77. The molecule has 1 aliphatic carbocycles. The first-order valence-corrected chi connectivity index (χ1v) is 6.61. The van der Waals surface area contributed by atoms with Crippen LogP contribution in [-0.2, 0) is 9.59 Å². The third-order valence-corrected chi connectivity index (χ3v) is 2.94.